The van der Waals surface area contributed by atoms with Gasteiger partial charge in [0.15, 0.2) is 0 Å². The number of tetrazole rings is 1. The predicted octanol–water partition coefficient (Wildman–Crippen LogP) is 1.55. The molecule has 0 radical (unpaired) electrons. The molecule has 0 unspecified atom stereocenters. The summed E-state index contributed by atoms with van der Waals surface area (Å²) in [6, 6.07) is 9.46. The van der Waals surface area contributed by atoms with Crippen molar-refractivity contribution < 1.29 is 18.0 Å². The Labute approximate surface area is 172 Å². The number of nitrogens with one attached hydrogen (secondary N) is 3. The highest BCUT2D eigenvalue weighted by Gasteiger charge is 2.17. The number of rotatable bonds is 6. The van der Waals surface area contributed by atoms with Crippen LogP contribution in [0.1, 0.15) is 22.8 Å². The van der Waals surface area contributed by atoms with Gasteiger partial charge in [-0.3, -0.25) is 14.3 Å². The van der Waals surface area contributed by atoms with E-state index in [0.717, 1.165) is 11.8 Å². The molecule has 0 spiro atoms. The molecule has 3 aromatic rings. The zero-order valence-electron chi connectivity index (χ0n) is 16.4. The lowest BCUT2D eigenvalue weighted by Gasteiger charge is -2.14. The van der Waals surface area contributed by atoms with Crippen LogP contribution in [0.15, 0.2) is 42.7 Å². The number of carbonyl (C=O) groups excluding carboxylic acids is 2. The van der Waals surface area contributed by atoms with E-state index in [1.54, 1.807) is 18.2 Å². The number of amides is 2. The fourth-order valence-corrected chi connectivity index (χ4v) is 3.28. The van der Waals surface area contributed by atoms with Crippen LogP contribution in [0.2, 0.25) is 0 Å². The zero-order valence-corrected chi connectivity index (χ0v) is 17.2. The number of hydrogen-bond acceptors (Lipinski definition) is 7. The summed E-state index contributed by atoms with van der Waals surface area (Å²) in [5.74, 6) is -0.894. The normalized spacial score (nSPS) is 11.0. The van der Waals surface area contributed by atoms with Gasteiger partial charge in [-0.1, -0.05) is 6.07 Å². The molecule has 30 heavy (non-hydrogen) atoms. The molecule has 3 rings (SSSR count). The second kappa shape index (κ2) is 8.29. The predicted molar refractivity (Wildman–Crippen MR) is 111 cm³/mol. The van der Waals surface area contributed by atoms with Crippen molar-refractivity contribution in [3.05, 3.63) is 53.9 Å². The van der Waals surface area contributed by atoms with Crippen molar-refractivity contribution >= 4 is 38.9 Å². The average Bonchev–Trinajstić information content (AvgIpc) is 3.17. The van der Waals surface area contributed by atoms with Gasteiger partial charge in [0.05, 0.1) is 23.2 Å². The van der Waals surface area contributed by atoms with Gasteiger partial charge in [0.2, 0.25) is 15.9 Å². The van der Waals surface area contributed by atoms with Gasteiger partial charge < -0.3 is 10.6 Å². The lowest BCUT2D eigenvalue weighted by molar-refractivity contribution is -0.114. The van der Waals surface area contributed by atoms with E-state index < -0.39 is 15.9 Å². The monoisotopic (exact) mass is 429 g/mol. The molecule has 1 aromatic heterocycles. The number of aryl methyl sites for hydroxylation is 1. The fraction of sp³-hybridized carbons (Fsp3) is 0.167. The Morgan fingerprint density at radius 1 is 1.03 bits per heavy atom. The Bertz CT molecular complexity index is 1210. The maximum Gasteiger partial charge on any atom is 0.257 e. The van der Waals surface area contributed by atoms with E-state index in [1.807, 2.05) is 6.92 Å². The van der Waals surface area contributed by atoms with Crippen molar-refractivity contribution in [2.75, 3.05) is 21.6 Å². The number of benzene rings is 2. The Hall–Kier alpha value is -3.80. The Kier molecular flexibility index (Phi) is 5.78. The van der Waals surface area contributed by atoms with Crippen molar-refractivity contribution in [2.45, 2.75) is 13.8 Å². The van der Waals surface area contributed by atoms with Crippen LogP contribution < -0.4 is 15.4 Å². The molecule has 0 aliphatic carbocycles. The first-order valence-electron chi connectivity index (χ1n) is 8.67. The van der Waals surface area contributed by atoms with Crippen molar-refractivity contribution in [3.63, 3.8) is 0 Å². The maximum atomic E-state index is 12.9. The van der Waals surface area contributed by atoms with Gasteiger partial charge in [-0.15, -0.1) is 5.10 Å². The molecule has 12 heteroatoms. The Morgan fingerprint density at radius 3 is 2.37 bits per heavy atom. The molecule has 2 amide bonds. The Balaban J connectivity index is 1.95. The van der Waals surface area contributed by atoms with Crippen molar-refractivity contribution in [2.24, 2.45) is 0 Å². The first-order chi connectivity index (χ1) is 14.1. The summed E-state index contributed by atoms with van der Waals surface area (Å²) in [6.07, 6.45) is 2.41. The lowest BCUT2D eigenvalue weighted by Crippen LogP contribution is -2.18. The second-order valence-corrected chi connectivity index (χ2v) is 8.27. The van der Waals surface area contributed by atoms with E-state index >= 15 is 0 Å². The molecule has 0 atom stereocenters. The second-order valence-electron chi connectivity index (χ2n) is 6.53. The zero-order chi connectivity index (χ0) is 21.9. The first-order valence-corrected chi connectivity index (χ1v) is 10.6. The summed E-state index contributed by atoms with van der Waals surface area (Å²) in [5.41, 5.74) is 2.47. The van der Waals surface area contributed by atoms with Crippen LogP contribution in [0.4, 0.5) is 17.1 Å². The molecule has 2 aromatic carbocycles. The van der Waals surface area contributed by atoms with E-state index in [9.17, 15) is 18.0 Å². The SMILES string of the molecule is CC(=O)Nc1ccc(NS(C)(=O)=O)c(C(=O)Nc2ccc(C)c(-n3cnnn3)c2)c1. The molecule has 1 heterocycles. The summed E-state index contributed by atoms with van der Waals surface area (Å²) in [5, 5.41) is 16.3. The molecule has 156 valence electrons. The highest BCUT2D eigenvalue weighted by atomic mass is 32.2. The van der Waals surface area contributed by atoms with Gasteiger partial charge in [-0.05, 0) is 53.2 Å². The van der Waals surface area contributed by atoms with E-state index in [0.29, 0.717) is 17.1 Å². The number of aromatic nitrogens is 4. The number of sulfonamides is 1. The van der Waals surface area contributed by atoms with Crippen LogP contribution in [-0.4, -0.2) is 46.7 Å². The summed E-state index contributed by atoms with van der Waals surface area (Å²) in [7, 11) is -3.63. The minimum atomic E-state index is -3.63. The minimum Gasteiger partial charge on any atom is -0.326 e. The van der Waals surface area contributed by atoms with Gasteiger partial charge in [0.1, 0.15) is 6.33 Å². The van der Waals surface area contributed by atoms with E-state index in [-0.39, 0.29) is 17.2 Å². The summed E-state index contributed by atoms with van der Waals surface area (Å²) in [6.45, 7) is 3.20. The standard InChI is InChI=1S/C18H19N7O4S/c1-11-4-5-14(9-17(11)25-10-19-23-24-25)21-18(27)15-8-13(20-12(2)26)6-7-16(15)22-30(3,28)29/h4-10,22H,1-3H3,(H,20,26)(H,21,27). The van der Waals surface area contributed by atoms with E-state index in [1.165, 1.54) is 36.1 Å². The van der Waals surface area contributed by atoms with Gasteiger partial charge in [-0.2, -0.15) is 0 Å². The molecule has 0 aliphatic rings. The van der Waals surface area contributed by atoms with Gasteiger partial charge >= 0.3 is 0 Å². The van der Waals surface area contributed by atoms with Crippen LogP contribution in [-0.2, 0) is 14.8 Å². The van der Waals surface area contributed by atoms with Gasteiger partial charge in [0, 0.05) is 18.3 Å². The largest absolute Gasteiger partial charge is 0.326 e. The quantitative estimate of drug-likeness (QED) is 0.538. The highest BCUT2D eigenvalue weighted by Crippen LogP contribution is 2.24. The molecule has 0 bridgehead atoms. The molecule has 0 fully saturated rings. The van der Waals surface area contributed by atoms with Crippen molar-refractivity contribution in [1.82, 2.24) is 20.2 Å². The van der Waals surface area contributed by atoms with Crippen LogP contribution in [0.5, 0.6) is 0 Å². The highest BCUT2D eigenvalue weighted by molar-refractivity contribution is 7.92. The molecule has 0 saturated carbocycles. The van der Waals surface area contributed by atoms with Crippen molar-refractivity contribution in [1.29, 1.82) is 0 Å². The van der Waals surface area contributed by atoms with E-state index in [4.69, 9.17) is 0 Å². The fourth-order valence-electron chi connectivity index (χ4n) is 2.71. The number of hydrogen-bond donors (Lipinski definition) is 3. The molecule has 0 aliphatic heterocycles. The summed E-state index contributed by atoms with van der Waals surface area (Å²) < 4.78 is 27.1. The van der Waals surface area contributed by atoms with Crippen molar-refractivity contribution in [3.8, 4) is 5.69 Å². The summed E-state index contributed by atoms with van der Waals surface area (Å²) in [4.78, 5) is 24.3. The molecule has 3 N–H and O–H groups in total. The van der Waals surface area contributed by atoms with Crippen LogP contribution >= 0.6 is 0 Å². The molecular formula is C18H19N7O4S. The first kappa shape index (κ1) is 20.9. The van der Waals surface area contributed by atoms with Crippen LogP contribution in [0.3, 0.4) is 0 Å². The van der Waals surface area contributed by atoms with Crippen LogP contribution in [0, 0.1) is 6.92 Å². The smallest absolute Gasteiger partial charge is 0.257 e. The van der Waals surface area contributed by atoms with Crippen LogP contribution in [0.25, 0.3) is 5.69 Å². The average molecular weight is 429 g/mol. The third-order valence-corrected chi connectivity index (χ3v) is 4.53. The number of nitrogens with zero attached hydrogens (tertiary/aromatic N) is 4. The Morgan fingerprint density at radius 2 is 1.73 bits per heavy atom. The molecular weight excluding hydrogens is 410 g/mol. The topological polar surface area (TPSA) is 148 Å². The third kappa shape index (κ3) is 5.17. The van der Waals surface area contributed by atoms with Gasteiger partial charge in [-0.25, -0.2) is 13.1 Å². The van der Waals surface area contributed by atoms with E-state index in [2.05, 4.69) is 30.9 Å². The van der Waals surface area contributed by atoms with Gasteiger partial charge in [0.25, 0.3) is 5.91 Å². The number of carbonyl (C=O) groups is 2. The maximum absolute atomic E-state index is 12.9. The number of anilines is 3. The summed E-state index contributed by atoms with van der Waals surface area (Å²) >= 11 is 0. The molecule has 0 saturated heterocycles. The minimum absolute atomic E-state index is 0.0382. The molecule has 11 nitrogen and oxygen atoms in total. The third-order valence-electron chi connectivity index (χ3n) is 3.94. The lowest BCUT2D eigenvalue weighted by atomic mass is 10.1.